The summed E-state index contributed by atoms with van der Waals surface area (Å²) >= 11 is 0. The van der Waals surface area contributed by atoms with Crippen molar-refractivity contribution in [2.75, 3.05) is 33.4 Å². The number of nitrogens with zero attached hydrogens (tertiary/aromatic N) is 3. The van der Waals surface area contributed by atoms with Crippen LogP contribution in [0.1, 0.15) is 24.0 Å². The number of nitrogens with one attached hydrogen (secondary N) is 2. The van der Waals surface area contributed by atoms with Gasteiger partial charge in [0.1, 0.15) is 0 Å². The van der Waals surface area contributed by atoms with Gasteiger partial charge < -0.3 is 24.7 Å². The predicted octanol–water partition coefficient (Wildman–Crippen LogP) is 2.95. The van der Waals surface area contributed by atoms with Crippen molar-refractivity contribution in [3.8, 4) is 0 Å². The quantitative estimate of drug-likeness (QED) is 0.316. The highest BCUT2D eigenvalue weighted by atomic mass is 16.5. The third-order valence-electron chi connectivity index (χ3n) is 5.44. The van der Waals surface area contributed by atoms with E-state index in [9.17, 15) is 0 Å². The van der Waals surface area contributed by atoms with E-state index in [0.717, 1.165) is 69.3 Å². The third-order valence-corrected chi connectivity index (χ3v) is 5.44. The molecule has 2 heterocycles. The maximum absolute atomic E-state index is 5.79. The van der Waals surface area contributed by atoms with Crippen LogP contribution in [-0.4, -0.2) is 55.0 Å². The van der Waals surface area contributed by atoms with Gasteiger partial charge in [-0.2, -0.15) is 0 Å². The molecule has 3 aromatic rings. The molecule has 2 aromatic carbocycles. The summed E-state index contributed by atoms with van der Waals surface area (Å²) in [6.45, 7) is 4.66. The predicted molar refractivity (Wildman–Crippen MR) is 123 cm³/mol. The molecule has 1 aliphatic rings. The van der Waals surface area contributed by atoms with Crippen LogP contribution in [0.5, 0.6) is 0 Å². The van der Waals surface area contributed by atoms with Crippen LogP contribution in [0.4, 0.5) is 0 Å². The third kappa shape index (κ3) is 6.06. The average molecular weight is 422 g/mol. The Labute approximate surface area is 183 Å². The summed E-state index contributed by atoms with van der Waals surface area (Å²) in [6, 6.07) is 16.9. The summed E-state index contributed by atoms with van der Waals surface area (Å²) in [4.78, 5) is 8.76. The van der Waals surface area contributed by atoms with Gasteiger partial charge >= 0.3 is 0 Å². The van der Waals surface area contributed by atoms with Gasteiger partial charge in [0.05, 0.1) is 30.1 Å². The molecule has 0 aliphatic carbocycles. The molecule has 0 spiro atoms. The second-order valence-electron chi connectivity index (χ2n) is 7.74. The van der Waals surface area contributed by atoms with Gasteiger partial charge in [-0.3, -0.25) is 4.99 Å². The van der Waals surface area contributed by atoms with Crippen LogP contribution in [0.25, 0.3) is 11.0 Å². The summed E-state index contributed by atoms with van der Waals surface area (Å²) in [6.07, 6.45) is 4.12. The van der Waals surface area contributed by atoms with Crippen LogP contribution in [0.3, 0.4) is 0 Å². The maximum Gasteiger partial charge on any atom is 0.191 e. The Hall–Kier alpha value is -2.90. The average Bonchev–Trinajstić information content (AvgIpc) is 3.47. The van der Waals surface area contributed by atoms with E-state index in [1.165, 1.54) is 11.1 Å². The highest BCUT2D eigenvalue weighted by molar-refractivity contribution is 5.79. The molecule has 0 radical (unpaired) electrons. The fraction of sp³-hybridized carbons (Fsp3) is 0.417. The lowest BCUT2D eigenvalue weighted by atomic mass is 10.1. The van der Waals surface area contributed by atoms with Crippen molar-refractivity contribution in [3.63, 3.8) is 0 Å². The molecule has 0 bridgehead atoms. The minimum Gasteiger partial charge on any atom is -0.379 e. The lowest BCUT2D eigenvalue weighted by Crippen LogP contribution is -2.37. The standard InChI is InChI=1S/C24H31N5O2/c1-25-24(26-12-4-13-31-21-11-14-30-17-21)27-15-19-7-9-20(10-8-19)16-29-18-28-22-5-2-3-6-23(22)29/h2-3,5-10,18,21H,4,11-17H2,1H3,(H2,25,26,27). The number of imidazole rings is 1. The van der Waals surface area contributed by atoms with E-state index in [4.69, 9.17) is 9.47 Å². The number of rotatable bonds is 9. The van der Waals surface area contributed by atoms with Gasteiger partial charge in [-0.15, -0.1) is 0 Å². The normalized spacial score (nSPS) is 16.7. The number of benzene rings is 2. The van der Waals surface area contributed by atoms with E-state index in [1.54, 1.807) is 7.05 Å². The zero-order valence-corrected chi connectivity index (χ0v) is 18.1. The number of ether oxygens (including phenoxy) is 2. The number of hydrogen-bond donors (Lipinski definition) is 2. The van der Waals surface area contributed by atoms with Crippen LogP contribution < -0.4 is 10.6 Å². The van der Waals surface area contributed by atoms with Gasteiger partial charge in [-0.1, -0.05) is 36.4 Å². The Balaban J connectivity index is 1.19. The molecule has 7 heteroatoms. The van der Waals surface area contributed by atoms with Crippen LogP contribution in [0.2, 0.25) is 0 Å². The van der Waals surface area contributed by atoms with Crippen molar-refractivity contribution in [2.45, 2.75) is 32.0 Å². The van der Waals surface area contributed by atoms with Crippen LogP contribution >= 0.6 is 0 Å². The highest BCUT2D eigenvalue weighted by Crippen LogP contribution is 2.14. The topological polar surface area (TPSA) is 72.7 Å². The molecule has 1 saturated heterocycles. The Bertz CT molecular complexity index is 977. The lowest BCUT2D eigenvalue weighted by molar-refractivity contribution is 0.0420. The van der Waals surface area contributed by atoms with E-state index in [1.807, 2.05) is 24.5 Å². The number of fused-ring (bicyclic) bond motifs is 1. The highest BCUT2D eigenvalue weighted by Gasteiger charge is 2.15. The first-order chi connectivity index (χ1) is 15.3. The second-order valence-corrected chi connectivity index (χ2v) is 7.74. The zero-order chi connectivity index (χ0) is 21.3. The molecular formula is C24H31N5O2. The smallest absolute Gasteiger partial charge is 0.191 e. The zero-order valence-electron chi connectivity index (χ0n) is 18.1. The fourth-order valence-corrected chi connectivity index (χ4v) is 3.68. The number of guanidine groups is 1. The van der Waals surface area contributed by atoms with Crippen molar-refractivity contribution >= 4 is 17.0 Å². The SMILES string of the molecule is CN=C(NCCCOC1CCOC1)NCc1ccc(Cn2cnc3ccccc32)cc1. The monoisotopic (exact) mass is 421 g/mol. The molecule has 31 heavy (non-hydrogen) atoms. The molecule has 164 valence electrons. The minimum atomic E-state index is 0.271. The second kappa shape index (κ2) is 10.9. The Morgan fingerprint density at radius 3 is 2.81 bits per heavy atom. The Kier molecular flexibility index (Phi) is 7.52. The van der Waals surface area contributed by atoms with E-state index in [2.05, 4.69) is 55.5 Å². The number of aromatic nitrogens is 2. The first-order valence-electron chi connectivity index (χ1n) is 10.9. The largest absolute Gasteiger partial charge is 0.379 e. The van der Waals surface area contributed by atoms with Gasteiger partial charge in [0.15, 0.2) is 5.96 Å². The molecule has 1 fully saturated rings. The van der Waals surface area contributed by atoms with Crippen molar-refractivity contribution < 1.29 is 9.47 Å². The Morgan fingerprint density at radius 1 is 1.16 bits per heavy atom. The van der Waals surface area contributed by atoms with E-state index in [-0.39, 0.29) is 6.10 Å². The fourth-order valence-electron chi connectivity index (χ4n) is 3.68. The van der Waals surface area contributed by atoms with Crippen molar-refractivity contribution in [1.82, 2.24) is 20.2 Å². The lowest BCUT2D eigenvalue weighted by Gasteiger charge is -2.13. The first-order valence-corrected chi connectivity index (χ1v) is 10.9. The first kappa shape index (κ1) is 21.3. The number of hydrogen-bond acceptors (Lipinski definition) is 4. The minimum absolute atomic E-state index is 0.271. The molecule has 0 amide bonds. The van der Waals surface area contributed by atoms with E-state index >= 15 is 0 Å². The van der Waals surface area contributed by atoms with Gasteiger partial charge in [0.25, 0.3) is 0 Å². The molecule has 1 aromatic heterocycles. The molecule has 0 saturated carbocycles. The molecule has 1 aliphatic heterocycles. The van der Waals surface area contributed by atoms with Gasteiger partial charge in [-0.25, -0.2) is 4.98 Å². The summed E-state index contributed by atoms with van der Waals surface area (Å²) < 4.78 is 13.3. The summed E-state index contributed by atoms with van der Waals surface area (Å²) in [7, 11) is 1.79. The van der Waals surface area contributed by atoms with E-state index < -0.39 is 0 Å². The van der Waals surface area contributed by atoms with Gasteiger partial charge in [0, 0.05) is 39.9 Å². The molecule has 2 N–H and O–H groups in total. The molecule has 1 atom stereocenters. The molecule has 1 unspecified atom stereocenters. The van der Waals surface area contributed by atoms with Crippen LogP contribution in [0.15, 0.2) is 59.9 Å². The maximum atomic E-state index is 5.79. The number of aliphatic imine (C=N–C) groups is 1. The van der Waals surface area contributed by atoms with Gasteiger partial charge in [-0.05, 0) is 36.1 Å². The molecule has 7 nitrogen and oxygen atoms in total. The summed E-state index contributed by atoms with van der Waals surface area (Å²) in [5, 5.41) is 6.71. The number of para-hydroxylation sites is 2. The van der Waals surface area contributed by atoms with Gasteiger partial charge in [0.2, 0.25) is 0 Å². The van der Waals surface area contributed by atoms with Crippen LogP contribution in [-0.2, 0) is 22.6 Å². The van der Waals surface area contributed by atoms with E-state index in [0.29, 0.717) is 0 Å². The van der Waals surface area contributed by atoms with Crippen molar-refractivity contribution in [2.24, 2.45) is 4.99 Å². The van der Waals surface area contributed by atoms with Crippen molar-refractivity contribution in [3.05, 3.63) is 66.0 Å². The van der Waals surface area contributed by atoms with Crippen molar-refractivity contribution in [1.29, 1.82) is 0 Å². The van der Waals surface area contributed by atoms with Crippen LogP contribution in [0, 0.1) is 0 Å². The summed E-state index contributed by atoms with van der Waals surface area (Å²) in [5.74, 6) is 0.804. The Morgan fingerprint density at radius 2 is 2.00 bits per heavy atom. The molecular weight excluding hydrogens is 390 g/mol. The summed E-state index contributed by atoms with van der Waals surface area (Å²) in [5.41, 5.74) is 4.65. The molecule has 4 rings (SSSR count).